The van der Waals surface area contributed by atoms with Gasteiger partial charge in [0.05, 0.1) is 0 Å². The summed E-state index contributed by atoms with van der Waals surface area (Å²) >= 11 is 0. The standard InChI is InChI=1S/C47H32O2/c1-2-16-31-28(12-1)13-10-22-33(31)44-36-20-5-3-18-34(36)43(35-19-4-6-21-37(35)44)30-15-9-14-29(26-30)39-27-40-32-17-7-8-24-41(32)48-47(40)45-38-23-11-25-42(38)49-46(39)45/h1-10,12-22,24,26-27,38,42H,11,23,25H2. The maximum absolute atomic E-state index is 6.85. The third kappa shape index (κ3) is 3.89. The van der Waals surface area contributed by atoms with Crippen LogP contribution in [0.15, 0.2) is 150 Å². The fourth-order valence-corrected chi connectivity index (χ4v) is 9.11. The molecule has 2 nitrogen and oxygen atoms in total. The molecule has 2 unspecified atom stereocenters. The van der Waals surface area contributed by atoms with Crippen molar-refractivity contribution in [1.29, 1.82) is 0 Å². The second-order valence-corrected chi connectivity index (χ2v) is 13.8. The normalized spacial score (nSPS) is 16.9. The summed E-state index contributed by atoms with van der Waals surface area (Å²) in [5, 5.41) is 9.92. The van der Waals surface area contributed by atoms with Gasteiger partial charge in [0, 0.05) is 27.8 Å². The highest BCUT2D eigenvalue weighted by molar-refractivity contribution is 6.23. The Morgan fingerprint density at radius 1 is 0.469 bits per heavy atom. The number of furan rings is 1. The molecule has 2 heterocycles. The van der Waals surface area contributed by atoms with Crippen molar-refractivity contribution in [3.8, 4) is 39.1 Å². The van der Waals surface area contributed by atoms with Crippen LogP contribution in [0.2, 0.25) is 0 Å². The zero-order valence-electron chi connectivity index (χ0n) is 26.9. The monoisotopic (exact) mass is 628 g/mol. The molecule has 11 rings (SSSR count). The number of hydrogen-bond donors (Lipinski definition) is 0. The summed E-state index contributed by atoms with van der Waals surface area (Å²) in [7, 11) is 0. The predicted octanol–water partition coefficient (Wildman–Crippen LogP) is 13.1. The SMILES string of the molecule is c1cc(-c2cc3c(oc4ccccc43)c3c2OC2CCCC32)cc(-c2c3ccccc3c(-c3cccc4ccccc34)c3ccccc23)c1. The van der Waals surface area contributed by atoms with Crippen LogP contribution in [-0.2, 0) is 0 Å². The molecule has 0 amide bonds. The molecule has 0 bridgehead atoms. The Hall–Kier alpha value is -5.86. The first-order valence-corrected chi connectivity index (χ1v) is 17.5. The van der Waals surface area contributed by atoms with Crippen molar-refractivity contribution in [3.63, 3.8) is 0 Å². The number of ether oxygens (including phenoxy) is 1. The first kappa shape index (κ1) is 27.1. The lowest BCUT2D eigenvalue weighted by molar-refractivity contribution is 0.226. The Balaban J connectivity index is 1.18. The van der Waals surface area contributed by atoms with Crippen LogP contribution in [0.4, 0.5) is 0 Å². The molecule has 2 aliphatic rings. The lowest BCUT2D eigenvalue weighted by Crippen LogP contribution is -2.11. The summed E-state index contributed by atoms with van der Waals surface area (Å²) in [4.78, 5) is 0. The molecule has 0 radical (unpaired) electrons. The van der Waals surface area contributed by atoms with E-state index in [4.69, 9.17) is 9.15 Å². The Morgan fingerprint density at radius 2 is 1.10 bits per heavy atom. The minimum absolute atomic E-state index is 0.227. The van der Waals surface area contributed by atoms with Gasteiger partial charge < -0.3 is 9.15 Å². The molecule has 2 atom stereocenters. The highest BCUT2D eigenvalue weighted by Gasteiger charge is 2.42. The number of benzene rings is 8. The molecule has 0 saturated heterocycles. The first-order valence-electron chi connectivity index (χ1n) is 17.5. The summed E-state index contributed by atoms with van der Waals surface area (Å²) in [6.45, 7) is 0. The summed E-state index contributed by atoms with van der Waals surface area (Å²) < 4.78 is 13.4. The van der Waals surface area contributed by atoms with Crippen molar-refractivity contribution in [2.24, 2.45) is 0 Å². The third-order valence-corrected chi connectivity index (χ3v) is 11.2. The van der Waals surface area contributed by atoms with Crippen LogP contribution in [0.25, 0.3) is 87.6 Å². The van der Waals surface area contributed by atoms with Crippen molar-refractivity contribution in [2.75, 3.05) is 0 Å². The van der Waals surface area contributed by atoms with E-state index in [0.717, 1.165) is 35.3 Å². The van der Waals surface area contributed by atoms with E-state index < -0.39 is 0 Å². The summed E-state index contributed by atoms with van der Waals surface area (Å²) in [5.74, 6) is 1.40. The molecule has 1 aliphatic carbocycles. The quantitative estimate of drug-likeness (QED) is 0.182. The Morgan fingerprint density at radius 3 is 1.90 bits per heavy atom. The zero-order valence-corrected chi connectivity index (χ0v) is 26.9. The Bertz CT molecular complexity index is 2740. The van der Waals surface area contributed by atoms with E-state index in [1.54, 1.807) is 0 Å². The number of hydrogen-bond acceptors (Lipinski definition) is 2. The minimum atomic E-state index is 0.227. The van der Waals surface area contributed by atoms with Gasteiger partial charge in [-0.1, -0.05) is 127 Å². The van der Waals surface area contributed by atoms with Gasteiger partial charge in [0.2, 0.25) is 0 Å². The van der Waals surface area contributed by atoms with Gasteiger partial charge in [0.15, 0.2) is 0 Å². The molecular formula is C47H32O2. The highest BCUT2D eigenvalue weighted by atomic mass is 16.5. The molecule has 0 N–H and O–H groups in total. The second kappa shape index (κ2) is 10.3. The second-order valence-electron chi connectivity index (χ2n) is 13.8. The van der Waals surface area contributed by atoms with E-state index in [1.165, 1.54) is 82.9 Å². The van der Waals surface area contributed by atoms with E-state index >= 15 is 0 Å². The molecule has 0 spiro atoms. The fraction of sp³-hybridized carbons (Fsp3) is 0.106. The third-order valence-electron chi connectivity index (χ3n) is 11.2. The fourth-order valence-electron chi connectivity index (χ4n) is 9.11. The van der Waals surface area contributed by atoms with Crippen molar-refractivity contribution < 1.29 is 9.15 Å². The molecule has 49 heavy (non-hydrogen) atoms. The number of fused-ring (bicyclic) bond motifs is 10. The van der Waals surface area contributed by atoms with E-state index in [1.807, 2.05) is 0 Å². The van der Waals surface area contributed by atoms with Crippen LogP contribution in [0, 0.1) is 0 Å². The van der Waals surface area contributed by atoms with Crippen molar-refractivity contribution in [3.05, 3.63) is 151 Å². The average Bonchev–Trinajstić information content (AvgIpc) is 3.87. The van der Waals surface area contributed by atoms with E-state index in [9.17, 15) is 0 Å². The number of para-hydroxylation sites is 1. The average molecular weight is 629 g/mol. The summed E-state index contributed by atoms with van der Waals surface area (Å²) in [6, 6.07) is 53.2. The van der Waals surface area contributed by atoms with Gasteiger partial charge >= 0.3 is 0 Å². The molecule has 8 aromatic carbocycles. The van der Waals surface area contributed by atoms with Gasteiger partial charge in [-0.25, -0.2) is 0 Å². The summed E-state index contributed by atoms with van der Waals surface area (Å²) in [6.07, 6.45) is 3.67. The van der Waals surface area contributed by atoms with Crippen molar-refractivity contribution >= 4 is 54.3 Å². The zero-order chi connectivity index (χ0) is 32.1. The van der Waals surface area contributed by atoms with E-state index in [2.05, 4.69) is 146 Å². The van der Waals surface area contributed by atoms with Gasteiger partial charge in [-0.05, 0) is 97.6 Å². The lowest BCUT2D eigenvalue weighted by atomic mass is 9.84. The molecule has 1 aliphatic heterocycles. The molecule has 1 aromatic heterocycles. The summed E-state index contributed by atoms with van der Waals surface area (Å²) in [5.41, 5.74) is 10.6. The van der Waals surface area contributed by atoms with Crippen LogP contribution in [0.3, 0.4) is 0 Å². The first-order chi connectivity index (χ1) is 24.3. The van der Waals surface area contributed by atoms with Gasteiger partial charge in [0.1, 0.15) is 23.0 Å². The van der Waals surface area contributed by atoms with Gasteiger partial charge in [0.25, 0.3) is 0 Å². The van der Waals surface area contributed by atoms with Crippen LogP contribution in [-0.4, -0.2) is 6.10 Å². The highest BCUT2D eigenvalue weighted by Crippen LogP contribution is 2.55. The van der Waals surface area contributed by atoms with E-state index in [0.29, 0.717) is 5.92 Å². The minimum Gasteiger partial charge on any atom is -0.489 e. The van der Waals surface area contributed by atoms with Crippen LogP contribution >= 0.6 is 0 Å². The lowest BCUT2D eigenvalue weighted by Gasteiger charge is -2.19. The number of rotatable bonds is 3. The smallest absolute Gasteiger partial charge is 0.142 e. The molecule has 232 valence electrons. The van der Waals surface area contributed by atoms with Gasteiger partial charge in [-0.3, -0.25) is 0 Å². The van der Waals surface area contributed by atoms with Crippen LogP contribution in [0.1, 0.15) is 30.7 Å². The molecular weight excluding hydrogens is 597 g/mol. The van der Waals surface area contributed by atoms with E-state index in [-0.39, 0.29) is 6.10 Å². The molecule has 1 saturated carbocycles. The largest absolute Gasteiger partial charge is 0.489 e. The van der Waals surface area contributed by atoms with Crippen LogP contribution in [0.5, 0.6) is 5.75 Å². The van der Waals surface area contributed by atoms with Crippen molar-refractivity contribution in [1.82, 2.24) is 0 Å². The van der Waals surface area contributed by atoms with Gasteiger partial charge in [-0.2, -0.15) is 0 Å². The topological polar surface area (TPSA) is 22.4 Å². The molecule has 2 heteroatoms. The Labute approximate surface area is 284 Å². The Kier molecular flexibility index (Phi) is 5.71. The predicted molar refractivity (Wildman–Crippen MR) is 204 cm³/mol. The molecule has 1 fully saturated rings. The van der Waals surface area contributed by atoms with Gasteiger partial charge in [-0.15, -0.1) is 0 Å². The maximum atomic E-state index is 6.85. The van der Waals surface area contributed by atoms with Crippen molar-refractivity contribution in [2.45, 2.75) is 31.3 Å². The molecule has 9 aromatic rings. The maximum Gasteiger partial charge on any atom is 0.142 e. The van der Waals surface area contributed by atoms with Crippen LogP contribution < -0.4 is 4.74 Å².